The minimum Gasteiger partial charge on any atom is -0.406 e. The fourth-order valence-electron chi connectivity index (χ4n) is 2.06. The number of carbonyl (C=O) groups excluding carboxylic acids is 2. The Morgan fingerprint density at radius 2 is 1.73 bits per heavy atom. The first-order valence-corrected chi connectivity index (χ1v) is 7.69. The molecule has 2 rings (SSSR count). The van der Waals surface area contributed by atoms with E-state index < -0.39 is 23.9 Å². The summed E-state index contributed by atoms with van der Waals surface area (Å²) in [5, 5.41) is 2.93. The van der Waals surface area contributed by atoms with Gasteiger partial charge in [-0.25, -0.2) is 0 Å². The van der Waals surface area contributed by atoms with Crippen LogP contribution in [-0.2, 0) is 4.79 Å². The van der Waals surface area contributed by atoms with Gasteiger partial charge >= 0.3 is 6.36 Å². The van der Waals surface area contributed by atoms with E-state index in [0.717, 1.165) is 17.0 Å². The van der Waals surface area contributed by atoms with E-state index in [1.54, 1.807) is 24.3 Å². The van der Waals surface area contributed by atoms with Gasteiger partial charge in [0.2, 0.25) is 5.91 Å². The molecule has 0 aromatic heterocycles. The molecule has 0 spiro atoms. The number of halogens is 4. The van der Waals surface area contributed by atoms with Crippen LogP contribution in [0, 0.1) is 0 Å². The van der Waals surface area contributed by atoms with Crippen LogP contribution in [0.4, 0.5) is 18.9 Å². The molecule has 0 unspecified atom stereocenters. The van der Waals surface area contributed by atoms with E-state index >= 15 is 0 Å². The quantitative estimate of drug-likeness (QED) is 0.846. The highest BCUT2D eigenvalue weighted by Crippen LogP contribution is 2.23. The molecule has 2 aromatic rings. The van der Waals surface area contributed by atoms with Crippen molar-refractivity contribution in [1.29, 1.82) is 0 Å². The molecule has 0 atom stereocenters. The smallest absolute Gasteiger partial charge is 0.406 e. The van der Waals surface area contributed by atoms with Crippen LogP contribution in [0.1, 0.15) is 10.4 Å². The largest absolute Gasteiger partial charge is 0.573 e. The lowest BCUT2D eigenvalue weighted by atomic mass is 10.2. The van der Waals surface area contributed by atoms with Gasteiger partial charge in [0, 0.05) is 12.6 Å². The highest BCUT2D eigenvalue weighted by Gasteiger charge is 2.31. The summed E-state index contributed by atoms with van der Waals surface area (Å²) in [6, 6.07) is 11.0. The van der Waals surface area contributed by atoms with Crippen LogP contribution in [0.3, 0.4) is 0 Å². The lowest BCUT2D eigenvalue weighted by Gasteiger charge is -2.17. The Bertz CT molecular complexity index is 795. The van der Waals surface area contributed by atoms with Gasteiger partial charge in [-0.2, -0.15) is 0 Å². The lowest BCUT2D eigenvalue weighted by Crippen LogP contribution is -2.35. The van der Waals surface area contributed by atoms with Crippen molar-refractivity contribution in [3.05, 3.63) is 59.1 Å². The fraction of sp³-hybridized carbons (Fsp3) is 0.176. The predicted octanol–water partition coefficient (Wildman–Crippen LogP) is 3.95. The van der Waals surface area contributed by atoms with Crippen molar-refractivity contribution in [3.8, 4) is 5.75 Å². The number of ether oxygens (including phenoxy) is 1. The number of alkyl halides is 3. The molecular weight excluding hydrogens is 373 g/mol. The summed E-state index contributed by atoms with van der Waals surface area (Å²) in [6.45, 7) is -0.259. The first-order chi connectivity index (χ1) is 12.2. The van der Waals surface area contributed by atoms with E-state index in [1.165, 1.54) is 19.2 Å². The van der Waals surface area contributed by atoms with Crippen molar-refractivity contribution >= 4 is 29.1 Å². The average Bonchev–Trinajstić information content (AvgIpc) is 2.55. The van der Waals surface area contributed by atoms with E-state index in [1.807, 2.05) is 0 Å². The predicted molar refractivity (Wildman–Crippen MR) is 90.2 cm³/mol. The molecule has 0 aliphatic carbocycles. The topological polar surface area (TPSA) is 58.6 Å². The molecular formula is C17H14ClF3N2O3. The van der Waals surface area contributed by atoms with Gasteiger partial charge in [-0.05, 0) is 36.4 Å². The van der Waals surface area contributed by atoms with Crippen molar-refractivity contribution < 1.29 is 27.5 Å². The van der Waals surface area contributed by atoms with Crippen LogP contribution in [0.2, 0.25) is 5.02 Å². The number of nitrogens with zero attached hydrogens (tertiary/aromatic N) is 1. The second-order valence-corrected chi connectivity index (χ2v) is 5.67. The molecule has 0 fully saturated rings. The number of hydrogen-bond acceptors (Lipinski definition) is 3. The third-order valence-electron chi connectivity index (χ3n) is 3.21. The lowest BCUT2D eigenvalue weighted by molar-refractivity contribution is -0.274. The van der Waals surface area contributed by atoms with Gasteiger partial charge in [-0.1, -0.05) is 23.7 Å². The maximum atomic E-state index is 12.3. The van der Waals surface area contributed by atoms with Gasteiger partial charge in [0.25, 0.3) is 5.91 Å². The van der Waals surface area contributed by atoms with Crippen molar-refractivity contribution in [2.45, 2.75) is 6.36 Å². The minimum atomic E-state index is -4.81. The molecule has 0 radical (unpaired) electrons. The highest BCUT2D eigenvalue weighted by molar-refractivity contribution is 6.33. The number of para-hydroxylation sites is 1. The summed E-state index contributed by atoms with van der Waals surface area (Å²) in [4.78, 5) is 25.4. The Kier molecular flexibility index (Phi) is 6.10. The van der Waals surface area contributed by atoms with Crippen LogP contribution >= 0.6 is 11.6 Å². The molecule has 2 amide bonds. The molecule has 2 aromatic carbocycles. The zero-order valence-electron chi connectivity index (χ0n) is 13.5. The molecule has 26 heavy (non-hydrogen) atoms. The van der Waals surface area contributed by atoms with Crippen LogP contribution in [0.15, 0.2) is 48.5 Å². The summed E-state index contributed by atoms with van der Waals surface area (Å²) in [7, 11) is 1.40. The van der Waals surface area contributed by atoms with E-state index in [4.69, 9.17) is 11.6 Å². The normalized spacial score (nSPS) is 11.0. The average molecular weight is 387 g/mol. The first kappa shape index (κ1) is 19.6. The monoisotopic (exact) mass is 386 g/mol. The van der Waals surface area contributed by atoms with Gasteiger partial charge in [0.1, 0.15) is 5.75 Å². The summed E-state index contributed by atoms with van der Waals surface area (Å²) < 4.78 is 40.1. The van der Waals surface area contributed by atoms with Crippen molar-refractivity contribution in [1.82, 2.24) is 4.90 Å². The Balaban J connectivity index is 1.96. The Hall–Kier alpha value is -2.74. The summed E-state index contributed by atoms with van der Waals surface area (Å²) in [5.41, 5.74) is 0.529. The molecule has 9 heteroatoms. The number of amides is 2. The molecule has 0 aliphatic heterocycles. The number of carbonyl (C=O) groups is 2. The molecule has 1 N–H and O–H groups in total. The molecule has 0 aliphatic rings. The third-order valence-corrected chi connectivity index (χ3v) is 3.54. The molecule has 0 saturated heterocycles. The van der Waals surface area contributed by atoms with E-state index in [9.17, 15) is 22.8 Å². The van der Waals surface area contributed by atoms with Crippen LogP contribution in [0.25, 0.3) is 0 Å². The fourth-order valence-corrected chi connectivity index (χ4v) is 2.24. The second-order valence-electron chi connectivity index (χ2n) is 5.26. The Labute approximate surface area is 152 Å². The van der Waals surface area contributed by atoms with E-state index in [-0.39, 0.29) is 12.1 Å². The van der Waals surface area contributed by atoms with Gasteiger partial charge in [0.15, 0.2) is 0 Å². The molecule has 138 valence electrons. The van der Waals surface area contributed by atoms with Crippen LogP contribution < -0.4 is 10.1 Å². The van der Waals surface area contributed by atoms with Crippen molar-refractivity contribution in [3.63, 3.8) is 0 Å². The van der Waals surface area contributed by atoms with Gasteiger partial charge in [0.05, 0.1) is 17.3 Å². The molecule has 0 heterocycles. The van der Waals surface area contributed by atoms with Gasteiger partial charge in [-0.3, -0.25) is 9.59 Å². The summed E-state index contributed by atoms with van der Waals surface area (Å²) in [6.07, 6.45) is -4.81. The van der Waals surface area contributed by atoms with E-state index in [2.05, 4.69) is 10.1 Å². The zero-order valence-corrected chi connectivity index (χ0v) is 14.3. The third kappa shape index (κ3) is 5.66. The summed E-state index contributed by atoms with van der Waals surface area (Å²) in [5.74, 6) is -1.43. The Morgan fingerprint density at radius 3 is 2.31 bits per heavy atom. The number of anilines is 1. The number of hydrogen-bond donors (Lipinski definition) is 1. The number of nitrogens with one attached hydrogen (secondary N) is 1. The highest BCUT2D eigenvalue weighted by atomic mass is 35.5. The maximum absolute atomic E-state index is 12.3. The number of likely N-dealkylation sites (N-methyl/N-ethyl adjacent to an activating group) is 1. The minimum absolute atomic E-state index is 0.118. The summed E-state index contributed by atoms with van der Waals surface area (Å²) >= 11 is 5.94. The van der Waals surface area contributed by atoms with Crippen molar-refractivity contribution in [2.24, 2.45) is 0 Å². The van der Waals surface area contributed by atoms with Gasteiger partial charge < -0.3 is 15.0 Å². The second kappa shape index (κ2) is 8.09. The molecule has 5 nitrogen and oxygen atoms in total. The molecule has 0 saturated carbocycles. The zero-order chi connectivity index (χ0) is 19.3. The standard InChI is InChI=1S/C17H14ClF3N2O3/c1-23(10-15(24)22-14-5-3-2-4-13(14)18)16(25)11-6-8-12(9-7-11)26-17(19,20)21/h2-9H,10H2,1H3,(H,22,24). The van der Waals surface area contributed by atoms with Crippen LogP contribution in [0.5, 0.6) is 5.75 Å². The van der Waals surface area contributed by atoms with Gasteiger partial charge in [-0.15, -0.1) is 13.2 Å². The van der Waals surface area contributed by atoms with Crippen molar-refractivity contribution in [2.75, 3.05) is 18.9 Å². The molecule has 0 bridgehead atoms. The number of rotatable bonds is 5. The first-order valence-electron chi connectivity index (χ1n) is 7.31. The SMILES string of the molecule is CN(CC(=O)Nc1ccccc1Cl)C(=O)c1ccc(OC(F)(F)F)cc1. The van der Waals surface area contributed by atoms with Crippen LogP contribution in [-0.4, -0.2) is 36.7 Å². The maximum Gasteiger partial charge on any atom is 0.573 e. The number of benzene rings is 2. The van der Waals surface area contributed by atoms with E-state index in [0.29, 0.717) is 10.7 Å². The Morgan fingerprint density at radius 1 is 1.12 bits per heavy atom.